The molecule has 2 aliphatic rings. The van der Waals surface area contributed by atoms with Gasteiger partial charge in [0.2, 0.25) is 0 Å². The molecule has 4 heterocycles. The van der Waals surface area contributed by atoms with Crippen LogP contribution in [0, 0.1) is 0 Å². The molecule has 0 amide bonds. The number of hydrogen-bond acceptors (Lipinski definition) is 6. The maximum absolute atomic E-state index is 5.42. The van der Waals surface area contributed by atoms with E-state index in [-0.39, 0.29) is 0 Å². The second-order valence-electron chi connectivity index (χ2n) is 6.29. The molecule has 0 atom stereocenters. The molecule has 128 valence electrons. The Morgan fingerprint density at radius 2 is 1.67 bits per heavy atom. The van der Waals surface area contributed by atoms with E-state index >= 15 is 0 Å². The minimum atomic E-state index is 0.775. The van der Waals surface area contributed by atoms with E-state index in [4.69, 9.17) is 4.74 Å². The van der Waals surface area contributed by atoms with Gasteiger partial charge in [-0.25, -0.2) is 9.97 Å². The Balaban J connectivity index is 1.36. The standard InChI is InChI=1S/C17H24N6O/c1-2-15(18-3-1)13-21-4-6-22(7-5-21)16-12-17(20-14-19-16)23-8-10-24-11-9-23/h1-3,12,14,18H,4-11,13H2. The predicted octanol–water partition coefficient (Wildman–Crippen LogP) is 0.964. The van der Waals surface area contributed by atoms with Gasteiger partial charge in [0.05, 0.1) is 13.2 Å². The van der Waals surface area contributed by atoms with Crippen LogP contribution in [0.1, 0.15) is 5.69 Å². The van der Waals surface area contributed by atoms with E-state index < -0.39 is 0 Å². The van der Waals surface area contributed by atoms with Gasteiger partial charge in [-0.05, 0) is 12.1 Å². The van der Waals surface area contributed by atoms with Gasteiger partial charge in [-0.1, -0.05) is 0 Å². The first-order valence-corrected chi connectivity index (χ1v) is 8.63. The van der Waals surface area contributed by atoms with Gasteiger partial charge in [0.25, 0.3) is 0 Å². The fourth-order valence-corrected chi connectivity index (χ4v) is 3.32. The third-order valence-electron chi connectivity index (χ3n) is 4.73. The van der Waals surface area contributed by atoms with Crippen LogP contribution in [0.2, 0.25) is 0 Å². The second-order valence-corrected chi connectivity index (χ2v) is 6.29. The third kappa shape index (κ3) is 3.52. The van der Waals surface area contributed by atoms with Crippen molar-refractivity contribution in [3.05, 3.63) is 36.4 Å². The highest BCUT2D eigenvalue weighted by Crippen LogP contribution is 2.20. The van der Waals surface area contributed by atoms with E-state index in [0.717, 1.165) is 70.7 Å². The van der Waals surface area contributed by atoms with Crippen molar-refractivity contribution in [3.63, 3.8) is 0 Å². The highest BCUT2D eigenvalue weighted by molar-refractivity contribution is 5.50. The van der Waals surface area contributed by atoms with Gasteiger partial charge in [-0.2, -0.15) is 0 Å². The number of morpholine rings is 1. The Morgan fingerprint density at radius 1 is 0.958 bits per heavy atom. The van der Waals surface area contributed by atoms with E-state index in [0.29, 0.717) is 0 Å². The molecule has 7 nitrogen and oxygen atoms in total. The Labute approximate surface area is 142 Å². The lowest BCUT2D eigenvalue weighted by atomic mass is 10.3. The smallest absolute Gasteiger partial charge is 0.134 e. The lowest BCUT2D eigenvalue weighted by molar-refractivity contribution is 0.122. The maximum Gasteiger partial charge on any atom is 0.134 e. The molecule has 2 fully saturated rings. The van der Waals surface area contributed by atoms with Crippen LogP contribution in [0.5, 0.6) is 0 Å². The highest BCUT2D eigenvalue weighted by Gasteiger charge is 2.20. The molecule has 0 aromatic carbocycles. The van der Waals surface area contributed by atoms with Gasteiger partial charge < -0.3 is 19.5 Å². The van der Waals surface area contributed by atoms with E-state index in [1.807, 2.05) is 6.20 Å². The molecule has 2 aromatic heterocycles. The molecule has 7 heteroatoms. The number of nitrogens with zero attached hydrogens (tertiary/aromatic N) is 5. The molecule has 0 bridgehead atoms. The van der Waals surface area contributed by atoms with Gasteiger partial charge in [-0.15, -0.1) is 0 Å². The van der Waals surface area contributed by atoms with Crippen molar-refractivity contribution in [1.29, 1.82) is 0 Å². The van der Waals surface area contributed by atoms with Crippen LogP contribution in [0.25, 0.3) is 0 Å². The highest BCUT2D eigenvalue weighted by atomic mass is 16.5. The first-order chi connectivity index (χ1) is 11.9. The topological polar surface area (TPSA) is 60.5 Å². The second kappa shape index (κ2) is 7.19. The lowest BCUT2D eigenvalue weighted by Gasteiger charge is -2.35. The average molecular weight is 328 g/mol. The molecule has 2 aromatic rings. The molecule has 0 spiro atoms. The van der Waals surface area contributed by atoms with Crippen molar-refractivity contribution in [2.45, 2.75) is 6.54 Å². The van der Waals surface area contributed by atoms with Crippen LogP contribution in [-0.4, -0.2) is 72.3 Å². The van der Waals surface area contributed by atoms with Gasteiger partial charge in [0, 0.05) is 63.8 Å². The fraction of sp³-hybridized carbons (Fsp3) is 0.529. The molecule has 4 rings (SSSR count). The molecule has 0 radical (unpaired) electrons. The monoisotopic (exact) mass is 328 g/mol. The molecule has 24 heavy (non-hydrogen) atoms. The number of anilines is 2. The molecule has 0 saturated carbocycles. The molecule has 0 unspecified atom stereocenters. The Morgan fingerprint density at radius 3 is 2.33 bits per heavy atom. The van der Waals surface area contributed by atoms with Crippen LogP contribution in [0.4, 0.5) is 11.6 Å². The van der Waals surface area contributed by atoms with Crippen molar-refractivity contribution < 1.29 is 4.74 Å². The Bertz CT molecular complexity index is 632. The Kier molecular flexibility index (Phi) is 4.62. The van der Waals surface area contributed by atoms with Gasteiger partial charge in [-0.3, -0.25) is 4.90 Å². The number of ether oxygens (including phenoxy) is 1. The summed E-state index contributed by atoms with van der Waals surface area (Å²) < 4.78 is 5.42. The summed E-state index contributed by atoms with van der Waals surface area (Å²) in [4.78, 5) is 19.3. The van der Waals surface area contributed by atoms with Crippen LogP contribution in [-0.2, 0) is 11.3 Å². The first kappa shape index (κ1) is 15.4. The van der Waals surface area contributed by atoms with Crippen LogP contribution < -0.4 is 9.80 Å². The molecular weight excluding hydrogens is 304 g/mol. The quantitative estimate of drug-likeness (QED) is 0.902. The van der Waals surface area contributed by atoms with Crippen LogP contribution in [0.3, 0.4) is 0 Å². The van der Waals surface area contributed by atoms with Crippen molar-refractivity contribution >= 4 is 11.6 Å². The summed E-state index contributed by atoms with van der Waals surface area (Å²) >= 11 is 0. The Hall–Kier alpha value is -2.12. The molecule has 0 aliphatic carbocycles. The SMILES string of the molecule is c1c[nH]c(CN2CCN(c3cc(N4CCOCC4)ncn3)CC2)c1. The maximum atomic E-state index is 5.42. The molecule has 2 saturated heterocycles. The summed E-state index contributed by atoms with van der Waals surface area (Å²) in [6.45, 7) is 8.45. The number of aromatic nitrogens is 3. The summed E-state index contributed by atoms with van der Waals surface area (Å²) in [5, 5.41) is 0. The largest absolute Gasteiger partial charge is 0.378 e. The number of piperazine rings is 1. The lowest BCUT2D eigenvalue weighted by Crippen LogP contribution is -2.46. The number of aromatic amines is 1. The average Bonchev–Trinajstić information content (AvgIpc) is 3.16. The number of H-pyrrole nitrogens is 1. The first-order valence-electron chi connectivity index (χ1n) is 8.63. The van der Waals surface area contributed by atoms with E-state index in [1.165, 1.54) is 5.69 Å². The van der Waals surface area contributed by atoms with Gasteiger partial charge in [0.15, 0.2) is 0 Å². The molecule has 1 N–H and O–H groups in total. The van der Waals surface area contributed by atoms with Crippen molar-refractivity contribution in [1.82, 2.24) is 19.9 Å². The van der Waals surface area contributed by atoms with E-state index in [2.05, 4.69) is 47.9 Å². The normalized spacial score (nSPS) is 19.7. The summed E-state index contributed by atoms with van der Waals surface area (Å²) in [6, 6.07) is 6.32. The molecule has 2 aliphatic heterocycles. The third-order valence-corrected chi connectivity index (χ3v) is 4.73. The van der Waals surface area contributed by atoms with Crippen LogP contribution >= 0.6 is 0 Å². The van der Waals surface area contributed by atoms with Crippen molar-refractivity contribution in [3.8, 4) is 0 Å². The number of nitrogens with one attached hydrogen (secondary N) is 1. The summed E-state index contributed by atoms with van der Waals surface area (Å²) in [6.07, 6.45) is 3.67. The van der Waals surface area contributed by atoms with E-state index in [1.54, 1.807) is 6.33 Å². The van der Waals surface area contributed by atoms with Crippen molar-refractivity contribution in [2.24, 2.45) is 0 Å². The summed E-state index contributed by atoms with van der Waals surface area (Å²) in [5.41, 5.74) is 1.28. The van der Waals surface area contributed by atoms with Crippen LogP contribution in [0.15, 0.2) is 30.7 Å². The fourth-order valence-electron chi connectivity index (χ4n) is 3.32. The predicted molar refractivity (Wildman–Crippen MR) is 93.3 cm³/mol. The summed E-state index contributed by atoms with van der Waals surface area (Å²) in [5.74, 6) is 2.04. The summed E-state index contributed by atoms with van der Waals surface area (Å²) in [7, 11) is 0. The van der Waals surface area contributed by atoms with Gasteiger partial charge in [0.1, 0.15) is 18.0 Å². The van der Waals surface area contributed by atoms with Gasteiger partial charge >= 0.3 is 0 Å². The number of rotatable bonds is 4. The van der Waals surface area contributed by atoms with Crippen molar-refractivity contribution in [2.75, 3.05) is 62.3 Å². The minimum absolute atomic E-state index is 0.775. The molecular formula is C17H24N6O. The number of hydrogen-bond donors (Lipinski definition) is 1. The zero-order valence-corrected chi connectivity index (χ0v) is 13.9. The zero-order valence-electron chi connectivity index (χ0n) is 13.9. The minimum Gasteiger partial charge on any atom is -0.378 e. The zero-order chi connectivity index (χ0) is 16.2. The van der Waals surface area contributed by atoms with E-state index in [9.17, 15) is 0 Å².